The Morgan fingerprint density at radius 2 is 1.79 bits per heavy atom. The highest BCUT2D eigenvalue weighted by Gasteiger charge is 2.33. The maximum Gasteiger partial charge on any atom is 0.129 e. The number of piperidine rings is 1. The Hall–Kier alpha value is -1.50. The Balaban J connectivity index is 1.64. The fourth-order valence-electron chi connectivity index (χ4n) is 3.06. The summed E-state index contributed by atoms with van der Waals surface area (Å²) in [6.45, 7) is 1.36. The van der Waals surface area contributed by atoms with E-state index in [2.05, 4.69) is 25.8 Å². The molecular formula is C18H20BrFN2O2. The lowest BCUT2D eigenvalue weighted by atomic mass is 9.85. The maximum absolute atomic E-state index is 13.0. The van der Waals surface area contributed by atoms with Gasteiger partial charge in [0.15, 0.2) is 0 Å². The van der Waals surface area contributed by atoms with Crippen LogP contribution in [0.25, 0.3) is 0 Å². The Labute approximate surface area is 149 Å². The first-order valence-corrected chi connectivity index (χ1v) is 8.76. The first kappa shape index (κ1) is 17.3. The predicted molar refractivity (Wildman–Crippen MR) is 94.4 cm³/mol. The minimum atomic E-state index is -0.767. The molecule has 128 valence electrons. The number of nitrogens with zero attached hydrogens (tertiary/aromatic N) is 2. The molecule has 2 heterocycles. The largest absolute Gasteiger partial charge is 0.392 e. The Kier molecular flexibility index (Phi) is 5.18. The van der Waals surface area contributed by atoms with Crippen molar-refractivity contribution in [3.8, 4) is 0 Å². The first-order chi connectivity index (χ1) is 11.5. The van der Waals surface area contributed by atoms with E-state index in [9.17, 15) is 14.6 Å². The van der Waals surface area contributed by atoms with Crippen LogP contribution in [0.1, 0.15) is 24.0 Å². The van der Waals surface area contributed by atoms with Crippen molar-refractivity contribution in [2.45, 2.75) is 31.5 Å². The van der Waals surface area contributed by atoms with Crippen LogP contribution in [0.4, 0.5) is 10.2 Å². The molecule has 2 aromatic rings. The van der Waals surface area contributed by atoms with Crippen molar-refractivity contribution in [3.63, 3.8) is 0 Å². The van der Waals surface area contributed by atoms with Crippen molar-refractivity contribution in [2.75, 3.05) is 18.0 Å². The highest BCUT2D eigenvalue weighted by molar-refractivity contribution is 9.10. The molecule has 4 nitrogen and oxygen atoms in total. The average Bonchev–Trinajstić information content (AvgIpc) is 2.57. The van der Waals surface area contributed by atoms with E-state index in [4.69, 9.17) is 0 Å². The molecule has 1 saturated heterocycles. The van der Waals surface area contributed by atoms with Gasteiger partial charge in [-0.15, -0.1) is 0 Å². The minimum Gasteiger partial charge on any atom is -0.392 e. The maximum atomic E-state index is 13.0. The van der Waals surface area contributed by atoms with E-state index < -0.39 is 5.60 Å². The van der Waals surface area contributed by atoms with Crippen LogP contribution in [0.3, 0.4) is 0 Å². The van der Waals surface area contributed by atoms with Gasteiger partial charge in [-0.3, -0.25) is 0 Å². The van der Waals surface area contributed by atoms with Crippen molar-refractivity contribution in [1.82, 2.24) is 4.98 Å². The molecule has 0 amide bonds. The molecule has 3 rings (SSSR count). The number of hydrogen-bond acceptors (Lipinski definition) is 4. The molecule has 0 radical (unpaired) electrons. The van der Waals surface area contributed by atoms with Gasteiger partial charge in [0, 0.05) is 25.1 Å². The number of halogens is 2. The quantitative estimate of drug-likeness (QED) is 0.782. The van der Waals surface area contributed by atoms with E-state index in [0.717, 1.165) is 16.9 Å². The number of aliphatic hydroxyl groups excluding tert-OH is 1. The standard InChI is InChI=1S/C18H20BrFN2O2/c19-17-14(12-23)3-6-16(21-17)22-9-7-18(24,8-10-22)11-13-1-4-15(20)5-2-13/h1-6,23-24H,7-12H2. The molecule has 0 bridgehead atoms. The third-order valence-corrected chi connectivity index (χ3v) is 5.23. The third kappa shape index (κ3) is 3.94. The first-order valence-electron chi connectivity index (χ1n) is 7.97. The van der Waals surface area contributed by atoms with Gasteiger partial charge in [-0.1, -0.05) is 18.2 Å². The minimum absolute atomic E-state index is 0.0503. The fraction of sp³-hybridized carbons (Fsp3) is 0.389. The van der Waals surface area contributed by atoms with Gasteiger partial charge < -0.3 is 15.1 Å². The molecule has 2 N–H and O–H groups in total. The van der Waals surface area contributed by atoms with Crippen molar-refractivity contribution < 1.29 is 14.6 Å². The molecule has 0 aliphatic carbocycles. The summed E-state index contributed by atoms with van der Waals surface area (Å²) in [7, 11) is 0. The fourth-order valence-corrected chi connectivity index (χ4v) is 3.50. The van der Waals surface area contributed by atoms with Crippen LogP contribution < -0.4 is 4.90 Å². The molecule has 0 spiro atoms. The van der Waals surface area contributed by atoms with Crippen LogP contribution in [0.15, 0.2) is 41.0 Å². The summed E-state index contributed by atoms with van der Waals surface area (Å²) < 4.78 is 13.6. The van der Waals surface area contributed by atoms with Gasteiger partial charge >= 0.3 is 0 Å². The molecule has 1 fully saturated rings. The number of rotatable bonds is 4. The second-order valence-electron chi connectivity index (χ2n) is 6.29. The van der Waals surface area contributed by atoms with Gasteiger partial charge in [0.1, 0.15) is 16.2 Å². The van der Waals surface area contributed by atoms with E-state index in [-0.39, 0.29) is 12.4 Å². The molecule has 0 saturated carbocycles. The van der Waals surface area contributed by atoms with Crippen LogP contribution in [-0.4, -0.2) is 33.9 Å². The van der Waals surface area contributed by atoms with E-state index >= 15 is 0 Å². The summed E-state index contributed by atoms with van der Waals surface area (Å²) in [6, 6.07) is 10.1. The van der Waals surface area contributed by atoms with Crippen LogP contribution in [0.2, 0.25) is 0 Å². The summed E-state index contributed by atoms with van der Waals surface area (Å²) in [4.78, 5) is 6.60. The zero-order valence-electron chi connectivity index (χ0n) is 13.3. The predicted octanol–water partition coefficient (Wildman–Crippen LogP) is 3.05. The monoisotopic (exact) mass is 394 g/mol. The van der Waals surface area contributed by atoms with E-state index in [1.807, 2.05) is 12.1 Å². The Morgan fingerprint density at radius 1 is 1.12 bits per heavy atom. The highest BCUT2D eigenvalue weighted by Crippen LogP contribution is 2.29. The second-order valence-corrected chi connectivity index (χ2v) is 7.04. The lowest BCUT2D eigenvalue weighted by Gasteiger charge is -2.39. The molecule has 1 aromatic carbocycles. The summed E-state index contributed by atoms with van der Waals surface area (Å²) in [5.74, 6) is 0.575. The number of aromatic nitrogens is 1. The Bertz CT molecular complexity index is 701. The van der Waals surface area contributed by atoms with Gasteiger partial charge in [-0.05, 0) is 52.5 Å². The zero-order chi connectivity index (χ0) is 17.2. The molecule has 6 heteroatoms. The number of aliphatic hydroxyl groups is 2. The van der Waals surface area contributed by atoms with Gasteiger partial charge in [0.25, 0.3) is 0 Å². The van der Waals surface area contributed by atoms with E-state index in [1.165, 1.54) is 12.1 Å². The number of pyridine rings is 1. The van der Waals surface area contributed by atoms with E-state index in [0.29, 0.717) is 37.0 Å². The molecule has 1 aliphatic heterocycles. The molecule has 1 aromatic heterocycles. The number of hydrogen-bond donors (Lipinski definition) is 2. The molecule has 1 aliphatic rings. The van der Waals surface area contributed by atoms with Crippen molar-refractivity contribution in [1.29, 1.82) is 0 Å². The van der Waals surface area contributed by atoms with E-state index in [1.54, 1.807) is 12.1 Å². The number of benzene rings is 1. The summed E-state index contributed by atoms with van der Waals surface area (Å²) >= 11 is 3.37. The van der Waals surface area contributed by atoms with Gasteiger partial charge in [0.2, 0.25) is 0 Å². The molecule has 0 unspecified atom stereocenters. The van der Waals surface area contributed by atoms with Crippen LogP contribution in [0.5, 0.6) is 0 Å². The van der Waals surface area contributed by atoms with Crippen molar-refractivity contribution >= 4 is 21.7 Å². The van der Waals surface area contributed by atoms with Crippen molar-refractivity contribution in [3.05, 3.63) is 57.9 Å². The topological polar surface area (TPSA) is 56.6 Å². The van der Waals surface area contributed by atoms with Crippen LogP contribution in [0, 0.1) is 5.82 Å². The summed E-state index contributed by atoms with van der Waals surface area (Å²) in [6.07, 6.45) is 1.79. The smallest absolute Gasteiger partial charge is 0.129 e. The lowest BCUT2D eigenvalue weighted by molar-refractivity contribution is 0.0164. The van der Waals surface area contributed by atoms with Gasteiger partial charge in [0.05, 0.1) is 12.2 Å². The average molecular weight is 395 g/mol. The van der Waals surface area contributed by atoms with Crippen LogP contribution in [-0.2, 0) is 13.0 Å². The van der Waals surface area contributed by atoms with Crippen LogP contribution >= 0.6 is 15.9 Å². The van der Waals surface area contributed by atoms with Gasteiger partial charge in [-0.25, -0.2) is 9.37 Å². The highest BCUT2D eigenvalue weighted by atomic mass is 79.9. The normalized spacial score (nSPS) is 17.1. The third-order valence-electron chi connectivity index (χ3n) is 4.55. The van der Waals surface area contributed by atoms with Gasteiger partial charge in [-0.2, -0.15) is 0 Å². The second kappa shape index (κ2) is 7.17. The SMILES string of the molecule is OCc1ccc(N2CCC(O)(Cc3ccc(F)cc3)CC2)nc1Br. The Morgan fingerprint density at radius 3 is 2.38 bits per heavy atom. The molecule has 0 atom stereocenters. The molecular weight excluding hydrogens is 375 g/mol. The lowest BCUT2D eigenvalue weighted by Crippen LogP contribution is -2.46. The number of anilines is 1. The summed E-state index contributed by atoms with van der Waals surface area (Å²) in [5.41, 5.74) is 0.931. The summed E-state index contributed by atoms with van der Waals surface area (Å²) in [5, 5.41) is 20.0. The zero-order valence-corrected chi connectivity index (χ0v) is 14.8. The van der Waals surface area contributed by atoms with Crippen molar-refractivity contribution in [2.24, 2.45) is 0 Å². The molecule has 24 heavy (non-hydrogen) atoms.